The fourth-order valence-electron chi connectivity index (χ4n) is 3.40. The average Bonchev–Trinajstić information content (AvgIpc) is 3.54. The molecular weight excluding hydrogens is 474 g/mol. The first-order valence-electron chi connectivity index (χ1n) is 10.5. The molecule has 0 saturated carbocycles. The maximum atomic E-state index is 12.9. The van der Waals surface area contributed by atoms with Gasteiger partial charge in [-0.25, -0.2) is 18.1 Å². The highest BCUT2D eigenvalue weighted by atomic mass is 32.2. The summed E-state index contributed by atoms with van der Waals surface area (Å²) in [5.41, 5.74) is 2.20. The standard InChI is InChI=1S/C23H21N5O4S2/c29-34(30,27-10-13-31-14-11-27)20-7-5-19(6-8-20)26-23-28(25-16-18-3-1-9-24-15-18)21(17-33-23)22-4-2-12-32-22/h1-9,12,15-17H,10-11,13-14H2. The lowest BCUT2D eigenvalue weighted by Gasteiger charge is -2.26. The highest BCUT2D eigenvalue weighted by Gasteiger charge is 2.26. The number of thiazole rings is 1. The zero-order valence-corrected chi connectivity index (χ0v) is 19.7. The van der Waals surface area contributed by atoms with E-state index in [-0.39, 0.29) is 4.90 Å². The van der Waals surface area contributed by atoms with Gasteiger partial charge in [-0.05, 0) is 42.5 Å². The summed E-state index contributed by atoms with van der Waals surface area (Å²) >= 11 is 1.40. The van der Waals surface area contributed by atoms with Gasteiger partial charge in [0.2, 0.25) is 14.8 Å². The number of rotatable bonds is 6. The number of furan rings is 1. The molecule has 0 aliphatic carbocycles. The quantitative estimate of drug-likeness (QED) is 0.382. The molecule has 11 heteroatoms. The van der Waals surface area contributed by atoms with Gasteiger partial charge in [-0.15, -0.1) is 11.3 Å². The van der Waals surface area contributed by atoms with Crippen LogP contribution in [0.5, 0.6) is 0 Å². The molecule has 1 aromatic carbocycles. The fraction of sp³-hybridized carbons (Fsp3) is 0.174. The van der Waals surface area contributed by atoms with Crippen LogP contribution in [0.1, 0.15) is 5.56 Å². The van der Waals surface area contributed by atoms with Gasteiger partial charge in [0.15, 0.2) is 5.76 Å². The minimum Gasteiger partial charge on any atom is -0.463 e. The molecule has 0 atom stereocenters. The number of nitrogens with zero attached hydrogens (tertiary/aromatic N) is 5. The first kappa shape index (κ1) is 22.4. The maximum absolute atomic E-state index is 12.9. The molecule has 174 valence electrons. The van der Waals surface area contributed by atoms with Crippen molar-refractivity contribution in [1.29, 1.82) is 0 Å². The minimum absolute atomic E-state index is 0.235. The molecule has 5 rings (SSSR count). The molecule has 1 fully saturated rings. The van der Waals surface area contributed by atoms with Gasteiger partial charge in [0, 0.05) is 36.4 Å². The van der Waals surface area contributed by atoms with Crippen molar-refractivity contribution in [3.05, 3.63) is 82.9 Å². The maximum Gasteiger partial charge on any atom is 0.243 e. The van der Waals surface area contributed by atoms with Gasteiger partial charge in [-0.1, -0.05) is 6.07 Å². The molecule has 1 saturated heterocycles. The van der Waals surface area contributed by atoms with Crippen LogP contribution in [0.3, 0.4) is 0 Å². The molecule has 4 heterocycles. The average molecular weight is 496 g/mol. The Morgan fingerprint density at radius 3 is 2.59 bits per heavy atom. The largest absolute Gasteiger partial charge is 0.463 e. The minimum atomic E-state index is -3.56. The first-order valence-corrected chi connectivity index (χ1v) is 12.8. The molecule has 9 nitrogen and oxygen atoms in total. The summed E-state index contributed by atoms with van der Waals surface area (Å²) in [5, 5.41) is 6.51. The summed E-state index contributed by atoms with van der Waals surface area (Å²) in [6, 6.07) is 13.9. The number of hydrogen-bond donors (Lipinski definition) is 0. The van der Waals surface area contributed by atoms with Crippen molar-refractivity contribution >= 4 is 33.3 Å². The summed E-state index contributed by atoms with van der Waals surface area (Å²) in [6.07, 6.45) is 6.72. The number of hydrogen-bond acceptors (Lipinski definition) is 8. The lowest BCUT2D eigenvalue weighted by atomic mass is 10.3. The van der Waals surface area contributed by atoms with Gasteiger partial charge in [-0.2, -0.15) is 9.41 Å². The van der Waals surface area contributed by atoms with Crippen molar-refractivity contribution in [3.8, 4) is 11.5 Å². The normalized spacial score (nSPS) is 15.8. The zero-order chi connectivity index (χ0) is 23.4. The predicted molar refractivity (Wildman–Crippen MR) is 128 cm³/mol. The van der Waals surface area contributed by atoms with Gasteiger partial charge in [0.25, 0.3) is 0 Å². The Hall–Kier alpha value is -3.38. The second-order valence-corrected chi connectivity index (χ2v) is 10.1. The summed E-state index contributed by atoms with van der Waals surface area (Å²) < 4.78 is 39.7. The van der Waals surface area contributed by atoms with Gasteiger partial charge < -0.3 is 9.15 Å². The van der Waals surface area contributed by atoms with E-state index in [4.69, 9.17) is 14.1 Å². The molecule has 0 unspecified atom stereocenters. The van der Waals surface area contributed by atoms with E-state index in [9.17, 15) is 8.42 Å². The summed E-state index contributed by atoms with van der Waals surface area (Å²) in [7, 11) is -3.56. The van der Waals surface area contributed by atoms with Crippen LogP contribution in [-0.4, -0.2) is 54.9 Å². The Morgan fingerprint density at radius 2 is 1.88 bits per heavy atom. The molecule has 0 radical (unpaired) electrons. The molecule has 1 aliphatic heterocycles. The lowest BCUT2D eigenvalue weighted by Crippen LogP contribution is -2.40. The van der Waals surface area contributed by atoms with E-state index in [0.29, 0.717) is 42.6 Å². The SMILES string of the molecule is O=S(=O)(c1ccc(N=c2scc(-c3ccco3)n2N=Cc2cccnc2)cc1)N1CCOCC1. The molecule has 1 aliphatic rings. The molecule has 0 bridgehead atoms. The number of sulfonamides is 1. The monoisotopic (exact) mass is 495 g/mol. The van der Waals surface area contributed by atoms with Crippen LogP contribution >= 0.6 is 11.3 Å². The van der Waals surface area contributed by atoms with E-state index < -0.39 is 10.0 Å². The van der Waals surface area contributed by atoms with Crippen LogP contribution in [0.15, 0.2) is 92.0 Å². The second kappa shape index (κ2) is 9.85. The molecule has 0 N–H and O–H groups in total. The Labute approximate surface area is 200 Å². The molecular formula is C23H21N5O4S2. The third kappa shape index (κ3) is 4.77. The van der Waals surface area contributed by atoms with E-state index in [1.54, 1.807) is 53.8 Å². The van der Waals surface area contributed by atoms with E-state index in [2.05, 4.69) is 10.1 Å². The molecule has 34 heavy (non-hydrogen) atoms. The second-order valence-electron chi connectivity index (χ2n) is 7.35. The smallest absolute Gasteiger partial charge is 0.243 e. The fourth-order valence-corrected chi connectivity index (χ4v) is 5.64. The van der Waals surface area contributed by atoms with Gasteiger partial charge in [0.05, 0.1) is 36.3 Å². The number of morpholine rings is 1. The highest BCUT2D eigenvalue weighted by molar-refractivity contribution is 7.89. The first-order chi connectivity index (χ1) is 16.6. The highest BCUT2D eigenvalue weighted by Crippen LogP contribution is 2.23. The van der Waals surface area contributed by atoms with Crippen molar-refractivity contribution < 1.29 is 17.6 Å². The van der Waals surface area contributed by atoms with Crippen molar-refractivity contribution in [2.75, 3.05) is 26.3 Å². The van der Waals surface area contributed by atoms with Gasteiger partial charge >= 0.3 is 0 Å². The Kier molecular flexibility index (Phi) is 6.50. The van der Waals surface area contributed by atoms with Crippen molar-refractivity contribution in [3.63, 3.8) is 0 Å². The van der Waals surface area contributed by atoms with Crippen LogP contribution < -0.4 is 4.80 Å². The van der Waals surface area contributed by atoms with E-state index in [1.165, 1.54) is 15.6 Å². The van der Waals surface area contributed by atoms with Crippen LogP contribution in [0.2, 0.25) is 0 Å². The number of ether oxygens (including phenoxy) is 1. The number of pyridine rings is 1. The predicted octanol–water partition coefficient (Wildman–Crippen LogP) is 3.34. The topological polar surface area (TPSA) is 102 Å². The summed E-state index contributed by atoms with van der Waals surface area (Å²) in [4.78, 5) is 9.65. The molecule has 0 amide bonds. The zero-order valence-electron chi connectivity index (χ0n) is 18.0. The van der Waals surface area contributed by atoms with Gasteiger partial charge in [0.1, 0.15) is 5.69 Å². The van der Waals surface area contributed by atoms with Crippen molar-refractivity contribution in [2.24, 2.45) is 10.1 Å². The number of aromatic nitrogens is 2. The van der Waals surface area contributed by atoms with Crippen LogP contribution in [0.4, 0.5) is 5.69 Å². The third-order valence-electron chi connectivity index (χ3n) is 5.13. The van der Waals surface area contributed by atoms with Crippen LogP contribution in [0.25, 0.3) is 11.5 Å². The third-order valence-corrected chi connectivity index (χ3v) is 7.86. The van der Waals surface area contributed by atoms with E-state index in [0.717, 1.165) is 11.3 Å². The van der Waals surface area contributed by atoms with Gasteiger partial charge in [-0.3, -0.25) is 4.98 Å². The molecule has 0 spiro atoms. The summed E-state index contributed by atoms with van der Waals surface area (Å²) in [5.74, 6) is 0.660. The van der Waals surface area contributed by atoms with Crippen LogP contribution in [-0.2, 0) is 14.8 Å². The molecule has 4 aromatic rings. The summed E-state index contributed by atoms with van der Waals surface area (Å²) in [6.45, 7) is 1.52. The van der Waals surface area contributed by atoms with E-state index in [1.807, 2.05) is 29.6 Å². The van der Waals surface area contributed by atoms with Crippen molar-refractivity contribution in [2.45, 2.75) is 4.90 Å². The Bertz CT molecular complexity index is 1440. The van der Waals surface area contributed by atoms with Crippen molar-refractivity contribution in [1.82, 2.24) is 14.0 Å². The van der Waals surface area contributed by atoms with Crippen LogP contribution in [0, 0.1) is 0 Å². The van der Waals surface area contributed by atoms with E-state index >= 15 is 0 Å². The lowest BCUT2D eigenvalue weighted by molar-refractivity contribution is 0.0730. The number of benzene rings is 1. The Morgan fingerprint density at radius 1 is 1.06 bits per heavy atom. The Balaban J connectivity index is 1.49. The molecule has 3 aromatic heterocycles.